The largest absolute Gasteiger partial charge is 0.481 e. The van der Waals surface area contributed by atoms with Crippen LogP contribution in [0.4, 0.5) is 5.69 Å². The molecule has 0 saturated heterocycles. The molecule has 2 rings (SSSR count). The first-order valence-corrected chi connectivity index (χ1v) is 12.0. The highest BCUT2D eigenvalue weighted by molar-refractivity contribution is 7.99. The van der Waals surface area contributed by atoms with E-state index in [1.807, 2.05) is 30.3 Å². The number of Topliss-reactive ketones (excluding diaryl/α,β-unsaturated/α-hetero) is 1. The molecule has 0 fully saturated rings. The van der Waals surface area contributed by atoms with E-state index >= 15 is 0 Å². The molecule has 0 spiro atoms. The number of carbonyl (C=O) groups excluding carboxylic acids is 3. The minimum Gasteiger partial charge on any atom is -0.481 e. The minimum absolute atomic E-state index is 0.000488. The summed E-state index contributed by atoms with van der Waals surface area (Å²) < 4.78 is 0. The second-order valence-corrected chi connectivity index (χ2v) is 9.09. The summed E-state index contributed by atoms with van der Waals surface area (Å²) in [6.45, 7) is 3.34. The van der Waals surface area contributed by atoms with Crippen LogP contribution in [0.1, 0.15) is 36.2 Å². The van der Waals surface area contributed by atoms with Gasteiger partial charge < -0.3 is 15.7 Å². The molecule has 3 N–H and O–H groups in total. The Kier molecular flexibility index (Phi) is 10.4. The summed E-state index contributed by atoms with van der Waals surface area (Å²) in [4.78, 5) is 59.9. The van der Waals surface area contributed by atoms with Gasteiger partial charge in [-0.1, -0.05) is 50.2 Å². The molecule has 0 aliphatic heterocycles. The molecule has 11 heteroatoms. The molecule has 0 saturated carbocycles. The molecule has 10 nitrogen and oxygen atoms in total. The van der Waals surface area contributed by atoms with E-state index in [9.17, 15) is 34.4 Å². The highest BCUT2D eigenvalue weighted by atomic mass is 32.2. The molecule has 186 valence electrons. The predicted molar refractivity (Wildman–Crippen MR) is 131 cm³/mol. The summed E-state index contributed by atoms with van der Waals surface area (Å²) in [5.41, 5.74) is 0.726. The average molecular weight is 502 g/mol. The van der Waals surface area contributed by atoms with E-state index in [0.717, 1.165) is 11.6 Å². The van der Waals surface area contributed by atoms with Crippen LogP contribution in [0.25, 0.3) is 0 Å². The second-order valence-electron chi connectivity index (χ2n) is 8.11. The van der Waals surface area contributed by atoms with Gasteiger partial charge in [0.25, 0.3) is 11.6 Å². The maximum absolute atomic E-state index is 12.9. The van der Waals surface area contributed by atoms with Crippen molar-refractivity contribution < 1.29 is 29.2 Å². The van der Waals surface area contributed by atoms with Gasteiger partial charge in [0.05, 0.1) is 23.1 Å². The number of carbonyl (C=O) groups is 4. The van der Waals surface area contributed by atoms with Crippen LogP contribution in [0.5, 0.6) is 0 Å². The number of nitro groups is 1. The number of non-ortho nitro benzene ring substituents is 1. The van der Waals surface area contributed by atoms with E-state index in [1.165, 1.54) is 30.0 Å². The number of benzene rings is 2. The summed E-state index contributed by atoms with van der Waals surface area (Å²) >= 11 is 1.30. The first-order valence-electron chi connectivity index (χ1n) is 10.8. The number of amides is 2. The number of nitrogens with zero attached hydrogens (tertiary/aromatic N) is 1. The van der Waals surface area contributed by atoms with Gasteiger partial charge in [0.1, 0.15) is 6.04 Å². The lowest BCUT2D eigenvalue weighted by Gasteiger charge is -2.24. The van der Waals surface area contributed by atoms with Crippen molar-refractivity contribution in [1.82, 2.24) is 10.6 Å². The van der Waals surface area contributed by atoms with Gasteiger partial charge in [-0.3, -0.25) is 29.3 Å². The normalized spacial score (nSPS) is 12.4. The standard InChI is InChI=1S/C24H27N3O7S/c1-15(2)22(26-23(31)17-9-6-10-18(11-17)27(33)34)24(32)25-19(12-21(29)30)20(28)14-35-13-16-7-4-3-5-8-16/h3-11,15,19,22H,12-14H2,1-2H3,(H,25,32)(H,26,31)(H,29,30)/t19-,22-/m0/s1. The molecule has 2 atom stereocenters. The fourth-order valence-corrected chi connectivity index (χ4v) is 4.08. The molecule has 2 aromatic rings. The summed E-state index contributed by atoms with van der Waals surface area (Å²) in [7, 11) is 0. The summed E-state index contributed by atoms with van der Waals surface area (Å²) in [5, 5.41) is 25.2. The van der Waals surface area contributed by atoms with Crippen LogP contribution < -0.4 is 10.6 Å². The van der Waals surface area contributed by atoms with Crippen LogP contribution in [0.15, 0.2) is 54.6 Å². The molecule has 0 aromatic heterocycles. The lowest BCUT2D eigenvalue weighted by Crippen LogP contribution is -2.54. The quantitative estimate of drug-likeness (QED) is 0.279. The van der Waals surface area contributed by atoms with E-state index in [2.05, 4.69) is 10.6 Å². The number of nitro benzene ring substituents is 1. The molecule has 0 bridgehead atoms. The van der Waals surface area contributed by atoms with Crippen LogP contribution in [0.2, 0.25) is 0 Å². The Morgan fingerprint density at radius 1 is 1.03 bits per heavy atom. The topological polar surface area (TPSA) is 156 Å². The van der Waals surface area contributed by atoms with E-state index in [-0.39, 0.29) is 17.0 Å². The van der Waals surface area contributed by atoms with E-state index in [1.54, 1.807) is 13.8 Å². The van der Waals surface area contributed by atoms with Gasteiger partial charge in [-0.25, -0.2) is 0 Å². The maximum atomic E-state index is 12.9. The van der Waals surface area contributed by atoms with Gasteiger partial charge in [0.2, 0.25) is 5.91 Å². The predicted octanol–water partition coefficient (Wildman–Crippen LogP) is 2.81. The van der Waals surface area contributed by atoms with Crippen molar-refractivity contribution in [3.8, 4) is 0 Å². The number of ketones is 1. The molecule has 0 aliphatic carbocycles. The van der Waals surface area contributed by atoms with Crippen molar-refractivity contribution in [2.75, 3.05) is 5.75 Å². The smallest absolute Gasteiger partial charge is 0.305 e. The van der Waals surface area contributed by atoms with Gasteiger partial charge in [0, 0.05) is 23.4 Å². The zero-order chi connectivity index (χ0) is 26.0. The van der Waals surface area contributed by atoms with Crippen molar-refractivity contribution in [1.29, 1.82) is 0 Å². The van der Waals surface area contributed by atoms with Crippen molar-refractivity contribution in [2.45, 2.75) is 38.1 Å². The van der Waals surface area contributed by atoms with Gasteiger partial charge in [0.15, 0.2) is 5.78 Å². The Hall–Kier alpha value is -3.73. The van der Waals surface area contributed by atoms with Crippen molar-refractivity contribution >= 4 is 41.0 Å². The third kappa shape index (κ3) is 8.85. The number of thioether (sulfide) groups is 1. The number of carboxylic acids is 1. The van der Waals surface area contributed by atoms with Crippen LogP contribution in [0.3, 0.4) is 0 Å². The van der Waals surface area contributed by atoms with E-state index in [0.29, 0.717) is 5.75 Å². The molecule has 0 heterocycles. The fraction of sp³-hybridized carbons (Fsp3) is 0.333. The Morgan fingerprint density at radius 2 is 1.71 bits per heavy atom. The van der Waals surface area contributed by atoms with Gasteiger partial charge in [-0.15, -0.1) is 11.8 Å². The van der Waals surface area contributed by atoms with Crippen LogP contribution >= 0.6 is 11.8 Å². The molecule has 0 unspecified atom stereocenters. The van der Waals surface area contributed by atoms with Crippen molar-refractivity contribution in [2.24, 2.45) is 5.92 Å². The second kappa shape index (κ2) is 13.2. The first-order chi connectivity index (χ1) is 16.6. The highest BCUT2D eigenvalue weighted by Crippen LogP contribution is 2.15. The lowest BCUT2D eigenvalue weighted by molar-refractivity contribution is -0.384. The van der Waals surface area contributed by atoms with Gasteiger partial charge in [-0.05, 0) is 17.5 Å². The Balaban J connectivity index is 2.06. The summed E-state index contributed by atoms with van der Waals surface area (Å²) in [5.74, 6) is -2.99. The molecular weight excluding hydrogens is 474 g/mol. The number of nitrogens with one attached hydrogen (secondary N) is 2. The Morgan fingerprint density at radius 3 is 2.31 bits per heavy atom. The SMILES string of the molecule is CC(C)[C@H](NC(=O)c1cccc([N+](=O)[O-])c1)C(=O)N[C@@H](CC(=O)O)C(=O)CSCc1ccccc1. The Bertz CT molecular complexity index is 1080. The minimum atomic E-state index is -1.26. The number of hydrogen-bond donors (Lipinski definition) is 3. The van der Waals surface area contributed by atoms with Gasteiger partial charge >= 0.3 is 5.97 Å². The van der Waals surface area contributed by atoms with E-state index in [4.69, 9.17) is 0 Å². The third-order valence-corrected chi connectivity index (χ3v) is 6.02. The number of hydrogen-bond acceptors (Lipinski definition) is 7. The zero-order valence-corrected chi connectivity index (χ0v) is 20.1. The van der Waals surface area contributed by atoms with Crippen LogP contribution in [0, 0.1) is 16.0 Å². The monoisotopic (exact) mass is 501 g/mol. The highest BCUT2D eigenvalue weighted by Gasteiger charge is 2.30. The van der Waals surface area contributed by atoms with E-state index < -0.39 is 52.9 Å². The Labute approximate surface area is 206 Å². The third-order valence-electron chi connectivity index (χ3n) is 4.99. The van der Waals surface area contributed by atoms with Crippen LogP contribution in [-0.2, 0) is 20.1 Å². The fourth-order valence-electron chi connectivity index (χ4n) is 3.15. The maximum Gasteiger partial charge on any atom is 0.305 e. The number of rotatable bonds is 13. The van der Waals surface area contributed by atoms with Crippen LogP contribution in [-0.4, -0.2) is 51.4 Å². The summed E-state index contributed by atoms with van der Waals surface area (Å²) in [6.07, 6.45) is -0.597. The number of carboxylic acid groups (broad SMARTS) is 1. The molecule has 2 aromatic carbocycles. The van der Waals surface area contributed by atoms with Gasteiger partial charge in [-0.2, -0.15) is 0 Å². The molecule has 2 amide bonds. The average Bonchev–Trinajstić information content (AvgIpc) is 2.82. The van der Waals surface area contributed by atoms with Crippen molar-refractivity contribution in [3.05, 3.63) is 75.8 Å². The van der Waals surface area contributed by atoms with Crippen molar-refractivity contribution in [3.63, 3.8) is 0 Å². The molecule has 35 heavy (non-hydrogen) atoms. The molecular formula is C24H27N3O7S. The molecule has 0 radical (unpaired) electrons. The first kappa shape index (κ1) is 27.5. The zero-order valence-electron chi connectivity index (χ0n) is 19.3. The lowest BCUT2D eigenvalue weighted by atomic mass is 10.0. The molecule has 0 aliphatic rings. The summed E-state index contributed by atoms with van der Waals surface area (Å²) in [6, 6.07) is 12.1. The number of aliphatic carboxylic acids is 1.